The summed E-state index contributed by atoms with van der Waals surface area (Å²) in [6.07, 6.45) is -0.275. The summed E-state index contributed by atoms with van der Waals surface area (Å²) in [6.45, 7) is 3.19. The highest BCUT2D eigenvalue weighted by Gasteiger charge is 2.09. The third-order valence-electron chi connectivity index (χ3n) is 1.70. The molecule has 1 atom stereocenters. The number of benzene rings is 1. The molecule has 0 aliphatic carbocycles. The molecule has 0 radical (unpaired) electrons. The van der Waals surface area contributed by atoms with Gasteiger partial charge in [0.1, 0.15) is 6.10 Å². The molecule has 0 N–H and O–H groups in total. The molecule has 0 saturated heterocycles. The van der Waals surface area contributed by atoms with Gasteiger partial charge in [0.15, 0.2) is 0 Å². The van der Waals surface area contributed by atoms with E-state index >= 15 is 0 Å². The smallest absolute Gasteiger partial charge is 0.303 e. The van der Waals surface area contributed by atoms with Crippen LogP contribution < -0.4 is 0 Å². The molecular weight excluding hydrogens is 267 g/mol. The van der Waals surface area contributed by atoms with Crippen LogP contribution in [0.3, 0.4) is 0 Å². The molecule has 0 heterocycles. The zero-order chi connectivity index (χ0) is 10.7. The lowest BCUT2D eigenvalue weighted by molar-refractivity contribution is -0.145. The van der Waals surface area contributed by atoms with Crippen molar-refractivity contribution in [3.05, 3.63) is 33.3 Å². The Morgan fingerprint density at radius 3 is 2.64 bits per heavy atom. The highest BCUT2D eigenvalue weighted by Crippen LogP contribution is 2.25. The lowest BCUT2D eigenvalue weighted by atomic mass is 10.1. The summed E-state index contributed by atoms with van der Waals surface area (Å²) in [5.74, 6) is -0.298. The molecule has 0 amide bonds. The Hall–Kier alpha value is -0.540. The average molecular weight is 278 g/mol. The normalized spacial score (nSPS) is 12.3. The minimum Gasteiger partial charge on any atom is -0.458 e. The highest BCUT2D eigenvalue weighted by atomic mass is 79.9. The molecule has 1 aromatic carbocycles. The molecule has 0 bridgehead atoms. The lowest BCUT2D eigenvalue weighted by Crippen LogP contribution is -2.04. The van der Waals surface area contributed by atoms with Crippen molar-refractivity contribution in [1.29, 1.82) is 0 Å². The van der Waals surface area contributed by atoms with Crippen LogP contribution in [0.2, 0.25) is 5.02 Å². The lowest BCUT2D eigenvalue weighted by Gasteiger charge is -2.12. The Balaban J connectivity index is 2.89. The Labute approximate surface area is 96.3 Å². The number of esters is 1. The van der Waals surface area contributed by atoms with Crippen LogP contribution in [0.4, 0.5) is 0 Å². The van der Waals surface area contributed by atoms with Crippen LogP contribution in [0.1, 0.15) is 25.5 Å². The van der Waals surface area contributed by atoms with Gasteiger partial charge < -0.3 is 4.74 Å². The van der Waals surface area contributed by atoms with Crippen molar-refractivity contribution >= 4 is 33.5 Å². The fourth-order valence-corrected chi connectivity index (χ4v) is 2.01. The second kappa shape index (κ2) is 4.80. The van der Waals surface area contributed by atoms with Gasteiger partial charge in [-0.25, -0.2) is 0 Å². The number of halogens is 2. The van der Waals surface area contributed by atoms with Crippen molar-refractivity contribution in [2.24, 2.45) is 0 Å². The van der Waals surface area contributed by atoms with E-state index in [1.807, 2.05) is 6.07 Å². The number of hydrogen-bond donors (Lipinski definition) is 0. The molecule has 14 heavy (non-hydrogen) atoms. The third-order valence-corrected chi connectivity index (χ3v) is 2.37. The van der Waals surface area contributed by atoms with Crippen molar-refractivity contribution in [3.8, 4) is 0 Å². The van der Waals surface area contributed by atoms with Gasteiger partial charge in [-0.15, -0.1) is 0 Å². The summed E-state index contributed by atoms with van der Waals surface area (Å²) in [5, 5.41) is 0.619. The molecule has 0 fully saturated rings. The largest absolute Gasteiger partial charge is 0.458 e. The van der Waals surface area contributed by atoms with E-state index < -0.39 is 0 Å². The van der Waals surface area contributed by atoms with E-state index in [4.69, 9.17) is 16.3 Å². The van der Waals surface area contributed by atoms with Crippen LogP contribution in [-0.4, -0.2) is 5.97 Å². The quantitative estimate of drug-likeness (QED) is 0.770. The fourth-order valence-electron chi connectivity index (χ4n) is 1.13. The molecule has 1 rings (SSSR count). The first-order chi connectivity index (χ1) is 6.49. The first-order valence-electron chi connectivity index (χ1n) is 4.12. The number of hydrogen-bond acceptors (Lipinski definition) is 2. The van der Waals surface area contributed by atoms with Crippen LogP contribution in [0.15, 0.2) is 22.7 Å². The molecule has 0 aliphatic heterocycles. The van der Waals surface area contributed by atoms with Gasteiger partial charge in [0, 0.05) is 16.4 Å². The molecule has 1 unspecified atom stereocenters. The minimum absolute atomic E-state index is 0.275. The SMILES string of the molecule is CC(=O)OC(C)c1cc(Cl)cc(Br)c1. The maximum Gasteiger partial charge on any atom is 0.303 e. The maximum atomic E-state index is 10.7. The Kier molecular flexibility index (Phi) is 3.96. The van der Waals surface area contributed by atoms with Crippen molar-refractivity contribution in [3.63, 3.8) is 0 Å². The van der Waals surface area contributed by atoms with Crippen molar-refractivity contribution < 1.29 is 9.53 Å². The zero-order valence-corrected chi connectivity index (χ0v) is 10.2. The van der Waals surface area contributed by atoms with E-state index in [0.717, 1.165) is 10.0 Å². The number of ether oxygens (including phenoxy) is 1. The Morgan fingerprint density at radius 1 is 1.50 bits per heavy atom. The van der Waals surface area contributed by atoms with Crippen LogP contribution in [-0.2, 0) is 9.53 Å². The number of carbonyl (C=O) groups is 1. The predicted octanol–water partition coefficient (Wildman–Crippen LogP) is 3.73. The number of carbonyl (C=O) groups excluding carboxylic acids is 1. The van der Waals surface area contributed by atoms with E-state index in [1.165, 1.54) is 6.92 Å². The zero-order valence-electron chi connectivity index (χ0n) is 7.88. The molecule has 76 valence electrons. The fraction of sp³-hybridized carbons (Fsp3) is 0.300. The van der Waals surface area contributed by atoms with E-state index in [0.29, 0.717) is 5.02 Å². The van der Waals surface area contributed by atoms with Gasteiger partial charge in [0.05, 0.1) is 0 Å². The number of rotatable bonds is 2. The summed E-state index contributed by atoms with van der Waals surface area (Å²) >= 11 is 9.18. The summed E-state index contributed by atoms with van der Waals surface area (Å²) in [7, 11) is 0. The van der Waals surface area contributed by atoms with E-state index in [2.05, 4.69) is 15.9 Å². The average Bonchev–Trinajstić information content (AvgIpc) is 2.00. The Bertz CT molecular complexity index is 332. The molecule has 0 aliphatic rings. The van der Waals surface area contributed by atoms with Crippen molar-refractivity contribution in [1.82, 2.24) is 0 Å². The summed E-state index contributed by atoms with van der Waals surface area (Å²) < 4.78 is 5.90. The topological polar surface area (TPSA) is 26.3 Å². The van der Waals surface area contributed by atoms with Gasteiger partial charge >= 0.3 is 5.97 Å². The molecule has 2 nitrogen and oxygen atoms in total. The van der Waals surface area contributed by atoms with E-state index in [1.54, 1.807) is 19.1 Å². The molecular formula is C10H10BrClO2. The summed E-state index contributed by atoms with van der Waals surface area (Å²) in [5.41, 5.74) is 0.875. The van der Waals surface area contributed by atoms with Crippen LogP contribution in [0.25, 0.3) is 0 Å². The highest BCUT2D eigenvalue weighted by molar-refractivity contribution is 9.10. The Morgan fingerprint density at radius 2 is 2.14 bits per heavy atom. The molecule has 4 heteroatoms. The van der Waals surface area contributed by atoms with Crippen LogP contribution >= 0.6 is 27.5 Å². The van der Waals surface area contributed by atoms with Gasteiger partial charge in [-0.05, 0) is 30.7 Å². The minimum atomic E-state index is -0.298. The van der Waals surface area contributed by atoms with Gasteiger partial charge in [0.2, 0.25) is 0 Å². The second-order valence-electron chi connectivity index (χ2n) is 2.95. The summed E-state index contributed by atoms with van der Waals surface area (Å²) in [4.78, 5) is 10.7. The van der Waals surface area contributed by atoms with Crippen LogP contribution in [0, 0.1) is 0 Å². The van der Waals surface area contributed by atoms with Gasteiger partial charge in [-0.3, -0.25) is 4.79 Å². The molecule has 0 spiro atoms. The van der Waals surface area contributed by atoms with Gasteiger partial charge in [0.25, 0.3) is 0 Å². The predicted molar refractivity (Wildman–Crippen MR) is 59.3 cm³/mol. The first kappa shape index (κ1) is 11.5. The standard InChI is InChI=1S/C10H10BrClO2/c1-6(14-7(2)13)8-3-9(11)5-10(12)4-8/h3-6H,1-2H3. The second-order valence-corrected chi connectivity index (χ2v) is 4.31. The third kappa shape index (κ3) is 3.31. The van der Waals surface area contributed by atoms with Crippen molar-refractivity contribution in [2.45, 2.75) is 20.0 Å². The van der Waals surface area contributed by atoms with Gasteiger partial charge in [-0.1, -0.05) is 27.5 Å². The van der Waals surface area contributed by atoms with E-state index in [9.17, 15) is 4.79 Å². The molecule has 1 aromatic rings. The molecule has 0 saturated carbocycles. The van der Waals surface area contributed by atoms with E-state index in [-0.39, 0.29) is 12.1 Å². The van der Waals surface area contributed by atoms with Gasteiger partial charge in [-0.2, -0.15) is 0 Å². The monoisotopic (exact) mass is 276 g/mol. The first-order valence-corrected chi connectivity index (χ1v) is 5.29. The maximum absolute atomic E-state index is 10.7. The van der Waals surface area contributed by atoms with Crippen LogP contribution in [0.5, 0.6) is 0 Å². The molecule has 0 aromatic heterocycles. The summed E-state index contributed by atoms with van der Waals surface area (Å²) in [6, 6.07) is 5.44. The van der Waals surface area contributed by atoms with Crippen molar-refractivity contribution in [2.75, 3.05) is 0 Å².